The zero-order chi connectivity index (χ0) is 28.6. The number of imidazole rings is 1. The average Bonchev–Trinajstić information content (AvgIpc) is 3.68. The quantitative estimate of drug-likeness (QED) is 0.219. The lowest BCUT2D eigenvalue weighted by Crippen LogP contribution is -2.20. The van der Waals surface area contributed by atoms with Crippen molar-refractivity contribution < 1.29 is 17.9 Å². The fourth-order valence-electron chi connectivity index (χ4n) is 5.70. The molecule has 0 aliphatic heterocycles. The summed E-state index contributed by atoms with van der Waals surface area (Å²) in [5.74, 6) is 0.0662. The van der Waals surface area contributed by atoms with Crippen LogP contribution in [0.15, 0.2) is 81.5 Å². The smallest absolute Gasteiger partial charge is 0.343 e. The lowest BCUT2D eigenvalue weighted by Gasteiger charge is -2.30. The number of aryl methyl sites for hydroxylation is 1. The van der Waals surface area contributed by atoms with Gasteiger partial charge in [0, 0.05) is 24.1 Å². The van der Waals surface area contributed by atoms with Gasteiger partial charge in [-0.3, -0.25) is 4.72 Å². The third-order valence-corrected chi connectivity index (χ3v) is 9.48. The van der Waals surface area contributed by atoms with Crippen molar-refractivity contribution in [3.05, 3.63) is 94.6 Å². The van der Waals surface area contributed by atoms with Crippen LogP contribution >= 0.6 is 0 Å². The molecule has 10 nitrogen and oxygen atoms in total. The predicted molar refractivity (Wildman–Crippen MR) is 154 cm³/mol. The second kappa shape index (κ2) is 10.6. The standard InChI is InChI=1S/C30H31N5O5S/c1-2-30(12-4-3-5-13-30)14-11-22-16-23(36)25(29(37)40-22)24(19-9-10-19)20-7-6-8-21(15-20)35-41(38,39)28-26-27(32-17-31-26)33-18-34-28/h3-8,12,15-19,24,35-36H,2,9-11,13-14H2,1H3,(H,31,32,33,34). The summed E-state index contributed by atoms with van der Waals surface area (Å²) in [6.07, 6.45) is 16.0. The Morgan fingerprint density at radius 1 is 1.20 bits per heavy atom. The Balaban J connectivity index is 1.27. The van der Waals surface area contributed by atoms with Gasteiger partial charge in [0.15, 0.2) is 5.65 Å². The Morgan fingerprint density at radius 3 is 2.78 bits per heavy atom. The first-order valence-electron chi connectivity index (χ1n) is 13.8. The summed E-state index contributed by atoms with van der Waals surface area (Å²) in [5, 5.41) is 10.9. The van der Waals surface area contributed by atoms with Crippen LogP contribution in [0.25, 0.3) is 11.2 Å². The first kappa shape index (κ1) is 26.9. The molecule has 1 fully saturated rings. The molecule has 1 saturated carbocycles. The fourth-order valence-corrected chi connectivity index (χ4v) is 6.84. The molecule has 212 valence electrons. The second-order valence-corrected chi connectivity index (χ2v) is 12.4. The highest BCUT2D eigenvalue weighted by Crippen LogP contribution is 2.48. The molecule has 3 heterocycles. The van der Waals surface area contributed by atoms with Crippen LogP contribution in [0.2, 0.25) is 0 Å². The predicted octanol–water partition coefficient (Wildman–Crippen LogP) is 5.20. The van der Waals surface area contributed by atoms with Gasteiger partial charge in [-0.25, -0.2) is 19.7 Å². The molecule has 2 aliphatic carbocycles. The van der Waals surface area contributed by atoms with Crippen LogP contribution in [-0.2, 0) is 16.4 Å². The molecule has 3 N–H and O–H groups in total. The minimum Gasteiger partial charge on any atom is -0.507 e. The van der Waals surface area contributed by atoms with Gasteiger partial charge < -0.3 is 14.5 Å². The van der Waals surface area contributed by atoms with Gasteiger partial charge in [0.2, 0.25) is 5.03 Å². The van der Waals surface area contributed by atoms with Gasteiger partial charge in [0.05, 0.1) is 11.9 Å². The number of fused-ring (bicyclic) bond motifs is 1. The molecule has 3 aromatic heterocycles. The van der Waals surface area contributed by atoms with Crippen LogP contribution in [0, 0.1) is 11.3 Å². The number of nitrogens with zero attached hydrogens (tertiary/aromatic N) is 3. The Hall–Kier alpha value is -4.25. The van der Waals surface area contributed by atoms with Crippen LogP contribution in [-0.4, -0.2) is 33.5 Å². The molecule has 11 heteroatoms. The Labute approximate surface area is 237 Å². The summed E-state index contributed by atoms with van der Waals surface area (Å²) >= 11 is 0. The molecule has 1 aromatic carbocycles. The summed E-state index contributed by atoms with van der Waals surface area (Å²) in [4.78, 5) is 28.0. The number of sulfonamides is 1. The SMILES string of the molecule is CCC1(CCc2cc(O)c(C(c3cccc(NS(=O)(=O)c4ncnc5nc[nH]c45)c3)C3CC3)c(=O)o2)C=CC=CC1. The van der Waals surface area contributed by atoms with Crippen LogP contribution in [0.4, 0.5) is 5.69 Å². The third-order valence-electron chi connectivity index (χ3n) is 8.16. The summed E-state index contributed by atoms with van der Waals surface area (Å²) < 4.78 is 34.8. The largest absolute Gasteiger partial charge is 0.507 e. The Bertz CT molecular complexity index is 1820. The maximum Gasteiger partial charge on any atom is 0.343 e. The van der Waals surface area contributed by atoms with Gasteiger partial charge in [0.1, 0.15) is 23.4 Å². The number of hydrogen-bond donors (Lipinski definition) is 3. The average molecular weight is 574 g/mol. The first-order chi connectivity index (χ1) is 19.8. The van der Waals surface area contributed by atoms with Crippen molar-refractivity contribution in [1.29, 1.82) is 0 Å². The molecule has 4 aromatic rings. The van der Waals surface area contributed by atoms with E-state index in [-0.39, 0.29) is 38.8 Å². The molecular formula is C30H31N5O5S. The zero-order valence-electron chi connectivity index (χ0n) is 22.6. The number of rotatable bonds is 10. The van der Waals surface area contributed by atoms with Crippen LogP contribution in [0.1, 0.15) is 61.8 Å². The molecule has 0 saturated heterocycles. The maximum atomic E-state index is 13.3. The molecule has 2 atom stereocenters. The van der Waals surface area contributed by atoms with Gasteiger partial charge in [-0.1, -0.05) is 43.4 Å². The molecule has 0 bridgehead atoms. The molecule has 0 spiro atoms. The normalized spacial score (nSPS) is 19.4. The number of aromatic amines is 1. The van der Waals surface area contributed by atoms with Crippen molar-refractivity contribution in [3.63, 3.8) is 0 Å². The number of aromatic hydroxyl groups is 1. The van der Waals surface area contributed by atoms with E-state index >= 15 is 0 Å². The molecule has 2 unspecified atom stereocenters. The van der Waals surface area contributed by atoms with E-state index in [0.717, 1.165) is 38.4 Å². The van der Waals surface area contributed by atoms with Crippen LogP contribution < -0.4 is 10.3 Å². The molecule has 6 rings (SSSR count). The van der Waals surface area contributed by atoms with Crippen molar-refractivity contribution in [2.75, 3.05) is 4.72 Å². The summed E-state index contributed by atoms with van der Waals surface area (Å²) in [6, 6.07) is 8.43. The number of anilines is 1. The number of hydrogen-bond acceptors (Lipinski definition) is 8. The third kappa shape index (κ3) is 5.41. The van der Waals surface area contributed by atoms with Gasteiger partial charge in [-0.2, -0.15) is 8.42 Å². The van der Waals surface area contributed by atoms with E-state index in [2.05, 4.69) is 49.8 Å². The highest BCUT2D eigenvalue weighted by molar-refractivity contribution is 7.92. The van der Waals surface area contributed by atoms with Crippen LogP contribution in [0.5, 0.6) is 5.75 Å². The first-order valence-corrected chi connectivity index (χ1v) is 15.2. The second-order valence-electron chi connectivity index (χ2n) is 10.8. The van der Waals surface area contributed by atoms with Gasteiger partial charge in [-0.15, -0.1) is 0 Å². The Morgan fingerprint density at radius 2 is 2.05 bits per heavy atom. The van der Waals surface area contributed by atoms with Crippen molar-refractivity contribution in [2.24, 2.45) is 11.3 Å². The van der Waals surface area contributed by atoms with E-state index < -0.39 is 21.6 Å². The lowest BCUT2D eigenvalue weighted by atomic mass is 9.75. The minimum atomic E-state index is -4.08. The topological polar surface area (TPSA) is 151 Å². The minimum absolute atomic E-state index is 0.0148. The molecule has 0 radical (unpaired) electrons. The van der Waals surface area contributed by atoms with Crippen molar-refractivity contribution in [1.82, 2.24) is 19.9 Å². The van der Waals surface area contributed by atoms with E-state index in [1.807, 2.05) is 12.1 Å². The van der Waals surface area contributed by atoms with E-state index in [1.54, 1.807) is 24.3 Å². The van der Waals surface area contributed by atoms with Gasteiger partial charge in [0.25, 0.3) is 10.0 Å². The van der Waals surface area contributed by atoms with Gasteiger partial charge in [-0.05, 0) is 61.1 Å². The number of benzene rings is 1. The molecule has 2 aliphatic rings. The molecule has 41 heavy (non-hydrogen) atoms. The lowest BCUT2D eigenvalue weighted by molar-refractivity contribution is 0.318. The molecular weight excluding hydrogens is 542 g/mol. The monoisotopic (exact) mass is 573 g/mol. The van der Waals surface area contributed by atoms with E-state index in [9.17, 15) is 18.3 Å². The fraction of sp³-hybridized carbons (Fsp3) is 0.333. The number of allylic oxidation sites excluding steroid dienone is 4. The summed E-state index contributed by atoms with van der Waals surface area (Å²) in [5.41, 5.74) is 1.12. The van der Waals surface area contributed by atoms with E-state index in [4.69, 9.17) is 4.42 Å². The highest BCUT2D eigenvalue weighted by Gasteiger charge is 2.38. The van der Waals surface area contributed by atoms with Gasteiger partial charge >= 0.3 is 5.63 Å². The van der Waals surface area contributed by atoms with Crippen LogP contribution in [0.3, 0.4) is 0 Å². The van der Waals surface area contributed by atoms with Crippen molar-refractivity contribution in [3.8, 4) is 5.75 Å². The maximum absolute atomic E-state index is 13.3. The zero-order valence-corrected chi connectivity index (χ0v) is 23.4. The van der Waals surface area contributed by atoms with Crippen molar-refractivity contribution in [2.45, 2.75) is 56.4 Å². The number of H-pyrrole nitrogens is 1. The Kier molecular flexibility index (Phi) is 6.98. The highest BCUT2D eigenvalue weighted by atomic mass is 32.2. The van der Waals surface area contributed by atoms with E-state index in [0.29, 0.717) is 23.4 Å². The number of nitrogens with one attached hydrogen (secondary N) is 2. The number of aromatic nitrogens is 4. The summed E-state index contributed by atoms with van der Waals surface area (Å²) in [7, 11) is -4.08. The molecule has 0 amide bonds. The van der Waals surface area contributed by atoms with Crippen molar-refractivity contribution >= 4 is 26.9 Å². The van der Waals surface area contributed by atoms with E-state index in [1.165, 1.54) is 6.33 Å². The summed E-state index contributed by atoms with van der Waals surface area (Å²) in [6.45, 7) is 2.15.